The number of aromatic amines is 2. The van der Waals surface area contributed by atoms with Gasteiger partial charge in [-0.15, -0.1) is 0 Å². The van der Waals surface area contributed by atoms with E-state index in [1.165, 1.54) is 6.42 Å². The van der Waals surface area contributed by atoms with Gasteiger partial charge in [0.25, 0.3) is 0 Å². The Morgan fingerprint density at radius 3 is 2.55 bits per heavy atom. The molecule has 1 fully saturated rings. The summed E-state index contributed by atoms with van der Waals surface area (Å²) in [6.07, 6.45) is 3.36. The molecule has 1 aliphatic carbocycles. The zero-order valence-corrected chi connectivity index (χ0v) is 6.78. The maximum atomic E-state index is 11.1. The molecule has 0 atom stereocenters. The molecule has 2 N–H and O–H groups in total. The molecule has 0 radical (unpaired) electrons. The molecule has 0 unspecified atom stereocenters. The first-order valence-corrected chi connectivity index (χ1v) is 4.09. The van der Waals surface area contributed by atoms with Gasteiger partial charge in [-0.1, -0.05) is 0 Å². The summed E-state index contributed by atoms with van der Waals surface area (Å²) in [5, 5.41) is 5.09. The van der Waals surface area contributed by atoms with Crippen LogP contribution in [0, 0.1) is 4.77 Å². The zero-order chi connectivity index (χ0) is 7.84. The fourth-order valence-electron chi connectivity index (χ4n) is 1.30. The van der Waals surface area contributed by atoms with E-state index in [2.05, 4.69) is 10.2 Å². The molecule has 0 spiro atoms. The Kier molecular flexibility index (Phi) is 1.45. The predicted octanol–water partition coefficient (Wildman–Crippen LogP) is 0.959. The van der Waals surface area contributed by atoms with Gasteiger partial charge in [0.15, 0.2) is 4.77 Å². The number of hydrogen-bond donors (Lipinski definition) is 2. The minimum atomic E-state index is -0.111. The summed E-state index contributed by atoms with van der Waals surface area (Å²) in [6, 6.07) is 0.345. The first-order chi connectivity index (χ1) is 5.29. The Balaban J connectivity index is 2.49. The highest BCUT2D eigenvalue weighted by atomic mass is 32.1. The minimum absolute atomic E-state index is 0.111. The molecule has 1 aliphatic rings. The Morgan fingerprint density at radius 2 is 2.18 bits per heavy atom. The van der Waals surface area contributed by atoms with Gasteiger partial charge in [-0.3, -0.25) is 9.67 Å². The third-order valence-corrected chi connectivity index (χ3v) is 2.45. The van der Waals surface area contributed by atoms with Crippen LogP contribution in [0.1, 0.15) is 25.3 Å². The van der Waals surface area contributed by atoms with Crippen LogP contribution in [0.4, 0.5) is 0 Å². The van der Waals surface area contributed by atoms with Gasteiger partial charge in [0.1, 0.15) is 0 Å². The molecule has 2 rings (SSSR count). The standard InChI is InChI=1S/C6H9N3OS/c10-5-7-8-6(11)9(5)4-2-1-3-4/h4H,1-3H2,(H,7,10)(H,8,11). The summed E-state index contributed by atoms with van der Waals surface area (Å²) in [4.78, 5) is 11.1. The van der Waals surface area contributed by atoms with Gasteiger partial charge in [0.2, 0.25) is 0 Å². The predicted molar refractivity (Wildman–Crippen MR) is 43.1 cm³/mol. The lowest BCUT2D eigenvalue weighted by Gasteiger charge is -2.25. The second kappa shape index (κ2) is 2.34. The lowest BCUT2D eigenvalue weighted by atomic mass is 9.93. The lowest BCUT2D eigenvalue weighted by molar-refractivity contribution is 0.304. The summed E-state index contributed by atoms with van der Waals surface area (Å²) in [7, 11) is 0. The van der Waals surface area contributed by atoms with Gasteiger partial charge < -0.3 is 0 Å². The van der Waals surface area contributed by atoms with Crippen LogP contribution in [0.25, 0.3) is 0 Å². The molecule has 1 aromatic rings. The molecule has 60 valence electrons. The highest BCUT2D eigenvalue weighted by Crippen LogP contribution is 2.29. The summed E-state index contributed by atoms with van der Waals surface area (Å²) in [5.74, 6) is 0. The first kappa shape index (κ1) is 6.84. The summed E-state index contributed by atoms with van der Waals surface area (Å²) < 4.78 is 2.14. The van der Waals surface area contributed by atoms with Crippen LogP contribution in [-0.4, -0.2) is 14.8 Å². The maximum Gasteiger partial charge on any atom is 0.342 e. The molecule has 0 amide bonds. The average molecular weight is 171 g/mol. The maximum absolute atomic E-state index is 11.1. The summed E-state index contributed by atoms with van der Waals surface area (Å²) in [5.41, 5.74) is -0.111. The zero-order valence-electron chi connectivity index (χ0n) is 5.96. The van der Waals surface area contributed by atoms with Crippen LogP contribution >= 0.6 is 12.2 Å². The van der Waals surface area contributed by atoms with Gasteiger partial charge in [0.05, 0.1) is 0 Å². The first-order valence-electron chi connectivity index (χ1n) is 3.68. The van der Waals surface area contributed by atoms with E-state index in [9.17, 15) is 4.79 Å². The monoisotopic (exact) mass is 171 g/mol. The third kappa shape index (κ3) is 0.956. The molecule has 11 heavy (non-hydrogen) atoms. The Morgan fingerprint density at radius 1 is 1.45 bits per heavy atom. The van der Waals surface area contributed by atoms with Crippen LogP contribution in [0.15, 0.2) is 4.79 Å². The van der Waals surface area contributed by atoms with Crippen molar-refractivity contribution in [1.29, 1.82) is 0 Å². The van der Waals surface area contributed by atoms with Crippen molar-refractivity contribution in [3.63, 3.8) is 0 Å². The molecule has 0 saturated heterocycles. The number of nitrogens with zero attached hydrogens (tertiary/aromatic N) is 1. The highest BCUT2D eigenvalue weighted by Gasteiger charge is 2.21. The molecular weight excluding hydrogens is 162 g/mol. The molecule has 0 bridgehead atoms. The van der Waals surface area contributed by atoms with Crippen molar-refractivity contribution in [2.45, 2.75) is 25.3 Å². The molecular formula is C6H9N3OS. The van der Waals surface area contributed by atoms with E-state index in [1.54, 1.807) is 4.57 Å². The lowest BCUT2D eigenvalue weighted by Crippen LogP contribution is -2.26. The smallest absolute Gasteiger partial charge is 0.272 e. The van der Waals surface area contributed by atoms with Crippen molar-refractivity contribution in [3.8, 4) is 0 Å². The van der Waals surface area contributed by atoms with Gasteiger partial charge in [-0.05, 0) is 31.5 Å². The van der Waals surface area contributed by atoms with Gasteiger partial charge >= 0.3 is 5.69 Å². The highest BCUT2D eigenvalue weighted by molar-refractivity contribution is 7.71. The normalized spacial score (nSPS) is 18.2. The molecule has 1 aromatic heterocycles. The summed E-state index contributed by atoms with van der Waals surface area (Å²) >= 11 is 4.93. The van der Waals surface area contributed by atoms with E-state index in [0.717, 1.165) is 12.8 Å². The average Bonchev–Trinajstić information content (AvgIpc) is 2.15. The van der Waals surface area contributed by atoms with E-state index in [1.807, 2.05) is 0 Å². The molecule has 5 heteroatoms. The van der Waals surface area contributed by atoms with Crippen LogP contribution in [0.2, 0.25) is 0 Å². The van der Waals surface area contributed by atoms with Crippen LogP contribution < -0.4 is 5.69 Å². The Labute approximate surface area is 68.2 Å². The van der Waals surface area contributed by atoms with E-state index in [0.29, 0.717) is 10.8 Å². The number of aromatic nitrogens is 3. The van der Waals surface area contributed by atoms with Crippen molar-refractivity contribution in [2.24, 2.45) is 0 Å². The second-order valence-corrected chi connectivity index (χ2v) is 3.20. The molecule has 1 saturated carbocycles. The number of hydrogen-bond acceptors (Lipinski definition) is 2. The topological polar surface area (TPSA) is 53.6 Å². The SMILES string of the molecule is O=c1[nH][nH]c(=S)n1C1CCC1. The van der Waals surface area contributed by atoms with Crippen molar-refractivity contribution < 1.29 is 0 Å². The van der Waals surface area contributed by atoms with Gasteiger partial charge in [-0.2, -0.15) is 0 Å². The number of nitrogens with one attached hydrogen (secondary N) is 2. The molecule has 1 heterocycles. The van der Waals surface area contributed by atoms with Gasteiger partial charge in [0, 0.05) is 6.04 Å². The van der Waals surface area contributed by atoms with E-state index >= 15 is 0 Å². The van der Waals surface area contributed by atoms with Crippen LogP contribution in [-0.2, 0) is 0 Å². The summed E-state index contributed by atoms with van der Waals surface area (Å²) in [6.45, 7) is 0. The van der Waals surface area contributed by atoms with E-state index < -0.39 is 0 Å². The molecule has 0 aromatic carbocycles. The van der Waals surface area contributed by atoms with E-state index in [4.69, 9.17) is 12.2 Å². The third-order valence-electron chi connectivity index (χ3n) is 2.15. The van der Waals surface area contributed by atoms with Gasteiger partial charge in [-0.25, -0.2) is 9.89 Å². The number of H-pyrrole nitrogens is 2. The van der Waals surface area contributed by atoms with E-state index in [-0.39, 0.29) is 5.69 Å². The van der Waals surface area contributed by atoms with Crippen molar-refractivity contribution in [1.82, 2.24) is 14.8 Å². The van der Waals surface area contributed by atoms with Crippen LogP contribution in [0.5, 0.6) is 0 Å². The molecule has 0 aliphatic heterocycles. The van der Waals surface area contributed by atoms with Crippen molar-refractivity contribution >= 4 is 12.2 Å². The van der Waals surface area contributed by atoms with Crippen molar-refractivity contribution in [3.05, 3.63) is 15.3 Å². The second-order valence-electron chi connectivity index (χ2n) is 2.82. The Bertz CT molecular complexity index is 329. The van der Waals surface area contributed by atoms with Crippen molar-refractivity contribution in [2.75, 3.05) is 0 Å². The fourth-order valence-corrected chi connectivity index (χ4v) is 1.58. The number of rotatable bonds is 1. The van der Waals surface area contributed by atoms with Crippen LogP contribution in [0.3, 0.4) is 0 Å². The molecule has 4 nitrogen and oxygen atoms in total. The largest absolute Gasteiger partial charge is 0.342 e. The fraction of sp³-hybridized carbons (Fsp3) is 0.667. The quantitative estimate of drug-likeness (QED) is 0.618. The Hall–Kier alpha value is -0.840. The minimum Gasteiger partial charge on any atom is -0.272 e.